The van der Waals surface area contributed by atoms with Crippen molar-refractivity contribution in [3.05, 3.63) is 24.2 Å². The Balaban J connectivity index is 2.36. The van der Waals surface area contributed by atoms with Crippen molar-refractivity contribution >= 4 is 17.5 Å². The van der Waals surface area contributed by atoms with E-state index in [1.165, 1.54) is 0 Å². The van der Waals surface area contributed by atoms with Crippen molar-refractivity contribution in [1.82, 2.24) is 5.32 Å². The summed E-state index contributed by atoms with van der Waals surface area (Å²) in [4.78, 5) is 11.7. The van der Waals surface area contributed by atoms with Crippen LogP contribution >= 0.6 is 11.6 Å². The van der Waals surface area contributed by atoms with E-state index in [-0.39, 0.29) is 11.4 Å². The molecule has 0 fully saturated rings. The van der Waals surface area contributed by atoms with Gasteiger partial charge in [-0.15, -0.1) is 11.6 Å². The molecule has 3 nitrogen and oxygen atoms in total. The van der Waals surface area contributed by atoms with Crippen LogP contribution < -0.4 is 5.32 Å². The summed E-state index contributed by atoms with van der Waals surface area (Å²) in [5.41, 5.74) is -0.304. The Morgan fingerprint density at radius 1 is 1.62 bits per heavy atom. The topological polar surface area (TPSA) is 42.2 Å². The molecule has 1 aromatic rings. The van der Waals surface area contributed by atoms with Crippen molar-refractivity contribution in [2.45, 2.75) is 38.6 Å². The highest BCUT2D eigenvalue weighted by atomic mass is 35.5. The average molecular weight is 244 g/mol. The number of nitrogens with one attached hydrogen (secondary N) is 1. The zero-order chi connectivity index (χ0) is 12.0. The third kappa shape index (κ3) is 3.89. The molecule has 1 amide bonds. The molecular weight excluding hydrogens is 226 g/mol. The van der Waals surface area contributed by atoms with Crippen LogP contribution in [-0.2, 0) is 11.2 Å². The van der Waals surface area contributed by atoms with Gasteiger partial charge in [-0.1, -0.05) is 6.92 Å². The molecule has 0 radical (unpaired) electrons. The summed E-state index contributed by atoms with van der Waals surface area (Å²) in [5, 5.41) is 2.94. The Labute approximate surface area is 101 Å². The molecule has 0 aliphatic carbocycles. The lowest BCUT2D eigenvalue weighted by Gasteiger charge is -2.26. The lowest BCUT2D eigenvalue weighted by atomic mass is 10.0. The Bertz CT molecular complexity index is 318. The molecular formula is C12H18ClNO2. The third-order valence-electron chi connectivity index (χ3n) is 2.70. The fourth-order valence-electron chi connectivity index (χ4n) is 1.31. The van der Waals surface area contributed by atoms with Crippen molar-refractivity contribution in [3.8, 4) is 0 Å². The van der Waals surface area contributed by atoms with Gasteiger partial charge in [0.1, 0.15) is 5.76 Å². The number of rotatable bonds is 6. The minimum absolute atomic E-state index is 0.0152. The second-order valence-electron chi connectivity index (χ2n) is 4.18. The number of hydrogen-bond donors (Lipinski definition) is 1. The lowest BCUT2D eigenvalue weighted by Crippen LogP contribution is -2.47. The summed E-state index contributed by atoms with van der Waals surface area (Å²) in [6.45, 7) is 3.96. The summed E-state index contributed by atoms with van der Waals surface area (Å²) >= 11 is 5.82. The number of carbonyl (C=O) groups excluding carboxylic acids is 1. The van der Waals surface area contributed by atoms with E-state index in [1.807, 2.05) is 26.0 Å². The summed E-state index contributed by atoms with van der Waals surface area (Å²) in [7, 11) is 0. The van der Waals surface area contributed by atoms with Crippen LogP contribution in [0.3, 0.4) is 0 Å². The molecule has 1 atom stereocenters. The Hall–Kier alpha value is -0.960. The number of aryl methyl sites for hydroxylation is 1. The number of amides is 1. The smallest absolute Gasteiger partial charge is 0.220 e. The van der Waals surface area contributed by atoms with E-state index in [9.17, 15) is 4.79 Å². The monoisotopic (exact) mass is 243 g/mol. The summed E-state index contributed by atoms with van der Waals surface area (Å²) < 4.78 is 5.16. The average Bonchev–Trinajstić information content (AvgIpc) is 2.79. The Morgan fingerprint density at radius 2 is 2.38 bits per heavy atom. The first kappa shape index (κ1) is 13.1. The zero-order valence-corrected chi connectivity index (χ0v) is 10.5. The van der Waals surface area contributed by atoms with Gasteiger partial charge in [0.25, 0.3) is 0 Å². The maximum Gasteiger partial charge on any atom is 0.220 e. The van der Waals surface area contributed by atoms with Gasteiger partial charge in [-0.3, -0.25) is 4.79 Å². The SMILES string of the molecule is CCC(C)(CCl)NC(=O)CCc1ccco1. The van der Waals surface area contributed by atoms with Crippen LogP contribution in [0.5, 0.6) is 0 Å². The van der Waals surface area contributed by atoms with Crippen LogP contribution in [0.2, 0.25) is 0 Å². The van der Waals surface area contributed by atoms with Crippen molar-refractivity contribution in [3.63, 3.8) is 0 Å². The van der Waals surface area contributed by atoms with E-state index in [4.69, 9.17) is 16.0 Å². The van der Waals surface area contributed by atoms with Crippen molar-refractivity contribution in [1.29, 1.82) is 0 Å². The summed E-state index contributed by atoms with van der Waals surface area (Å²) in [6, 6.07) is 3.69. The zero-order valence-electron chi connectivity index (χ0n) is 9.75. The number of hydrogen-bond acceptors (Lipinski definition) is 2. The molecule has 90 valence electrons. The Morgan fingerprint density at radius 3 is 2.88 bits per heavy atom. The molecule has 1 aromatic heterocycles. The van der Waals surface area contributed by atoms with Crippen LogP contribution in [-0.4, -0.2) is 17.3 Å². The molecule has 0 bridgehead atoms. The number of halogens is 1. The lowest BCUT2D eigenvalue weighted by molar-refractivity contribution is -0.122. The van der Waals surface area contributed by atoms with E-state index in [2.05, 4.69) is 5.32 Å². The van der Waals surface area contributed by atoms with E-state index < -0.39 is 0 Å². The molecule has 16 heavy (non-hydrogen) atoms. The molecule has 0 aromatic carbocycles. The van der Waals surface area contributed by atoms with Gasteiger partial charge in [0.15, 0.2) is 0 Å². The molecule has 1 N–H and O–H groups in total. The molecule has 4 heteroatoms. The van der Waals surface area contributed by atoms with Gasteiger partial charge in [0.05, 0.1) is 11.8 Å². The molecule has 1 rings (SSSR count). The molecule has 1 unspecified atom stereocenters. The van der Waals surface area contributed by atoms with E-state index >= 15 is 0 Å². The second-order valence-corrected chi connectivity index (χ2v) is 4.44. The van der Waals surface area contributed by atoms with Crippen molar-refractivity contribution in [2.24, 2.45) is 0 Å². The quantitative estimate of drug-likeness (QED) is 0.781. The van der Waals surface area contributed by atoms with Gasteiger partial charge in [-0.05, 0) is 25.5 Å². The molecule has 0 aliphatic heterocycles. The van der Waals surface area contributed by atoms with Crippen molar-refractivity contribution in [2.75, 3.05) is 5.88 Å². The first-order chi connectivity index (χ1) is 7.59. The van der Waals surface area contributed by atoms with E-state index in [1.54, 1.807) is 6.26 Å². The minimum Gasteiger partial charge on any atom is -0.469 e. The largest absolute Gasteiger partial charge is 0.469 e. The minimum atomic E-state index is -0.304. The standard InChI is InChI=1S/C12H18ClNO2/c1-3-12(2,9-13)14-11(15)7-6-10-5-4-8-16-10/h4-5,8H,3,6-7,9H2,1-2H3,(H,14,15). The number of carbonyl (C=O) groups is 1. The summed E-state index contributed by atoms with van der Waals surface area (Å²) in [6.07, 6.45) is 3.49. The van der Waals surface area contributed by atoms with Crippen LogP contribution in [0.25, 0.3) is 0 Å². The van der Waals surface area contributed by atoms with Crippen LogP contribution in [0.15, 0.2) is 22.8 Å². The Kier molecular flexibility index (Phi) is 4.87. The highest BCUT2D eigenvalue weighted by molar-refractivity contribution is 6.18. The van der Waals surface area contributed by atoms with Crippen LogP contribution in [0, 0.1) is 0 Å². The maximum absolute atomic E-state index is 11.7. The van der Waals surface area contributed by atoms with Crippen LogP contribution in [0.4, 0.5) is 0 Å². The van der Waals surface area contributed by atoms with Gasteiger partial charge in [-0.2, -0.15) is 0 Å². The fourth-order valence-corrected chi connectivity index (χ4v) is 1.56. The molecule has 0 saturated carbocycles. The van der Waals surface area contributed by atoms with Gasteiger partial charge >= 0.3 is 0 Å². The first-order valence-corrected chi connectivity index (χ1v) is 6.02. The normalized spacial score (nSPS) is 14.4. The van der Waals surface area contributed by atoms with E-state index in [0.29, 0.717) is 18.7 Å². The second kappa shape index (κ2) is 5.94. The molecule has 0 saturated heterocycles. The number of alkyl halides is 1. The molecule has 1 heterocycles. The predicted octanol–water partition coefficient (Wildman–Crippen LogP) is 2.74. The molecule has 0 spiro atoms. The predicted molar refractivity (Wildman–Crippen MR) is 64.6 cm³/mol. The van der Waals surface area contributed by atoms with Gasteiger partial charge in [0, 0.05) is 18.7 Å². The maximum atomic E-state index is 11.7. The van der Waals surface area contributed by atoms with Gasteiger partial charge in [-0.25, -0.2) is 0 Å². The van der Waals surface area contributed by atoms with Crippen molar-refractivity contribution < 1.29 is 9.21 Å². The highest BCUT2D eigenvalue weighted by Crippen LogP contribution is 2.12. The third-order valence-corrected chi connectivity index (χ3v) is 3.28. The van der Waals surface area contributed by atoms with Crippen LogP contribution in [0.1, 0.15) is 32.4 Å². The highest BCUT2D eigenvalue weighted by Gasteiger charge is 2.22. The van der Waals surface area contributed by atoms with Gasteiger partial charge < -0.3 is 9.73 Å². The summed E-state index contributed by atoms with van der Waals surface area (Å²) in [5.74, 6) is 1.27. The van der Waals surface area contributed by atoms with Gasteiger partial charge in [0.2, 0.25) is 5.91 Å². The fraction of sp³-hybridized carbons (Fsp3) is 0.583. The molecule has 0 aliphatic rings. The number of furan rings is 1. The first-order valence-electron chi connectivity index (χ1n) is 5.49. The van der Waals surface area contributed by atoms with E-state index in [0.717, 1.165) is 12.2 Å².